The molecule has 1 N–H and O–H groups in total. The first kappa shape index (κ1) is 12.5. The molecule has 0 spiro atoms. The molecule has 0 fully saturated rings. The van der Waals surface area contributed by atoms with Crippen LogP contribution in [0.25, 0.3) is 6.08 Å². The molecule has 0 aliphatic rings. The summed E-state index contributed by atoms with van der Waals surface area (Å²) >= 11 is 0. The summed E-state index contributed by atoms with van der Waals surface area (Å²) in [7, 11) is 0. The van der Waals surface area contributed by atoms with Crippen molar-refractivity contribution >= 4 is 17.7 Å². The van der Waals surface area contributed by atoms with E-state index in [-0.39, 0.29) is 5.91 Å². The minimum Gasteiger partial charge on any atom is -0.321 e. The predicted octanol–water partition coefficient (Wildman–Crippen LogP) is 2.61. The highest BCUT2D eigenvalue weighted by atomic mass is 16.1. The molecule has 0 bridgehead atoms. The Labute approximate surface area is 111 Å². The van der Waals surface area contributed by atoms with Crippen LogP contribution in [0.5, 0.6) is 0 Å². The molecule has 19 heavy (non-hydrogen) atoms. The number of amides is 1. The summed E-state index contributed by atoms with van der Waals surface area (Å²) in [5.41, 5.74) is 2.11. The van der Waals surface area contributed by atoms with Gasteiger partial charge < -0.3 is 5.32 Å². The van der Waals surface area contributed by atoms with Crippen LogP contribution in [-0.4, -0.2) is 10.9 Å². The van der Waals surface area contributed by atoms with Crippen molar-refractivity contribution in [2.45, 2.75) is 0 Å². The number of anilines is 1. The first-order chi connectivity index (χ1) is 9.28. The zero-order valence-electron chi connectivity index (χ0n) is 10.1. The number of nitrogens with zero attached hydrogens (tertiary/aromatic N) is 2. The molecule has 0 unspecified atom stereocenters. The third-order valence-corrected chi connectivity index (χ3v) is 2.40. The fraction of sp³-hybridized carbons (Fsp3) is 0. The number of nitriles is 1. The standard InChI is InChI=1S/C15H11N3O/c16-10-13-5-3-12(4-6-13)7-8-15(19)18-14-2-1-9-17-11-14/h1-9,11H,(H,18,19)/b8-7+. The second-order valence-electron chi connectivity index (χ2n) is 3.80. The van der Waals surface area contributed by atoms with Crippen molar-refractivity contribution in [3.63, 3.8) is 0 Å². The Morgan fingerprint density at radius 3 is 2.68 bits per heavy atom. The van der Waals surface area contributed by atoms with Crippen molar-refractivity contribution in [3.05, 3.63) is 66.0 Å². The number of nitrogens with one attached hydrogen (secondary N) is 1. The van der Waals surface area contributed by atoms with E-state index >= 15 is 0 Å². The van der Waals surface area contributed by atoms with E-state index in [4.69, 9.17) is 5.26 Å². The minimum absolute atomic E-state index is 0.225. The van der Waals surface area contributed by atoms with Gasteiger partial charge in [-0.05, 0) is 35.9 Å². The first-order valence-corrected chi connectivity index (χ1v) is 5.67. The van der Waals surface area contributed by atoms with Gasteiger partial charge in [-0.1, -0.05) is 12.1 Å². The molecule has 0 aliphatic carbocycles. The van der Waals surface area contributed by atoms with Crippen molar-refractivity contribution in [1.29, 1.82) is 5.26 Å². The molecular weight excluding hydrogens is 238 g/mol. The number of rotatable bonds is 3. The van der Waals surface area contributed by atoms with Gasteiger partial charge in [0, 0.05) is 12.3 Å². The second-order valence-corrected chi connectivity index (χ2v) is 3.80. The van der Waals surface area contributed by atoms with Gasteiger partial charge in [0.05, 0.1) is 23.5 Å². The van der Waals surface area contributed by atoms with Gasteiger partial charge in [0.1, 0.15) is 0 Å². The predicted molar refractivity (Wildman–Crippen MR) is 73.1 cm³/mol. The van der Waals surface area contributed by atoms with E-state index in [2.05, 4.69) is 10.3 Å². The quantitative estimate of drug-likeness (QED) is 0.850. The van der Waals surface area contributed by atoms with Crippen LogP contribution in [0, 0.1) is 11.3 Å². The van der Waals surface area contributed by atoms with E-state index in [9.17, 15) is 4.79 Å². The monoisotopic (exact) mass is 249 g/mol. The number of benzene rings is 1. The zero-order chi connectivity index (χ0) is 13.5. The second kappa shape index (κ2) is 6.12. The highest BCUT2D eigenvalue weighted by Crippen LogP contribution is 2.06. The van der Waals surface area contributed by atoms with Crippen LogP contribution in [0.4, 0.5) is 5.69 Å². The lowest BCUT2D eigenvalue weighted by molar-refractivity contribution is -0.111. The lowest BCUT2D eigenvalue weighted by Gasteiger charge is -2.00. The summed E-state index contributed by atoms with van der Waals surface area (Å²) in [6, 6.07) is 12.5. The van der Waals surface area contributed by atoms with Crippen molar-refractivity contribution in [2.24, 2.45) is 0 Å². The van der Waals surface area contributed by atoms with Crippen LogP contribution in [-0.2, 0) is 4.79 Å². The lowest BCUT2D eigenvalue weighted by atomic mass is 10.1. The van der Waals surface area contributed by atoms with Crippen LogP contribution in [0.2, 0.25) is 0 Å². The highest BCUT2D eigenvalue weighted by Gasteiger charge is 1.97. The molecule has 2 aromatic rings. The topological polar surface area (TPSA) is 65.8 Å². The Balaban J connectivity index is 1.98. The van der Waals surface area contributed by atoms with Crippen LogP contribution in [0.15, 0.2) is 54.9 Å². The molecular formula is C15H11N3O. The average molecular weight is 249 g/mol. The van der Waals surface area contributed by atoms with Gasteiger partial charge in [-0.15, -0.1) is 0 Å². The molecule has 0 aliphatic heterocycles. The molecule has 1 aromatic heterocycles. The Hall–Kier alpha value is -2.93. The largest absolute Gasteiger partial charge is 0.321 e. The van der Waals surface area contributed by atoms with E-state index in [0.717, 1.165) is 5.56 Å². The van der Waals surface area contributed by atoms with E-state index in [1.165, 1.54) is 6.08 Å². The van der Waals surface area contributed by atoms with Gasteiger partial charge in [0.15, 0.2) is 0 Å². The maximum absolute atomic E-state index is 11.6. The summed E-state index contributed by atoms with van der Waals surface area (Å²) < 4.78 is 0. The lowest BCUT2D eigenvalue weighted by Crippen LogP contribution is -2.07. The van der Waals surface area contributed by atoms with Gasteiger partial charge in [0.2, 0.25) is 5.91 Å². The van der Waals surface area contributed by atoms with Gasteiger partial charge in [-0.2, -0.15) is 5.26 Å². The smallest absolute Gasteiger partial charge is 0.248 e. The normalized spacial score (nSPS) is 10.1. The maximum atomic E-state index is 11.6. The molecule has 2 rings (SSSR count). The fourth-order valence-electron chi connectivity index (χ4n) is 1.46. The Morgan fingerprint density at radius 2 is 2.05 bits per heavy atom. The van der Waals surface area contributed by atoms with E-state index < -0.39 is 0 Å². The summed E-state index contributed by atoms with van der Waals surface area (Å²) in [6.07, 6.45) is 6.34. The number of hydrogen-bond acceptors (Lipinski definition) is 3. The highest BCUT2D eigenvalue weighted by molar-refractivity contribution is 6.01. The first-order valence-electron chi connectivity index (χ1n) is 5.67. The van der Waals surface area contributed by atoms with E-state index in [1.54, 1.807) is 54.9 Å². The van der Waals surface area contributed by atoms with Crippen LogP contribution in [0.1, 0.15) is 11.1 Å². The van der Waals surface area contributed by atoms with Crippen molar-refractivity contribution < 1.29 is 4.79 Å². The molecule has 1 amide bonds. The molecule has 1 heterocycles. The number of carbonyl (C=O) groups is 1. The van der Waals surface area contributed by atoms with Gasteiger partial charge in [-0.25, -0.2) is 0 Å². The third-order valence-electron chi connectivity index (χ3n) is 2.40. The van der Waals surface area contributed by atoms with E-state index in [1.807, 2.05) is 6.07 Å². The average Bonchev–Trinajstić information content (AvgIpc) is 2.47. The van der Waals surface area contributed by atoms with Crippen molar-refractivity contribution in [2.75, 3.05) is 5.32 Å². The summed E-state index contributed by atoms with van der Waals surface area (Å²) in [5.74, 6) is -0.225. The van der Waals surface area contributed by atoms with Crippen molar-refractivity contribution in [3.8, 4) is 6.07 Å². The third kappa shape index (κ3) is 3.79. The molecule has 1 aromatic carbocycles. The molecule has 4 nitrogen and oxygen atoms in total. The minimum atomic E-state index is -0.225. The molecule has 0 atom stereocenters. The maximum Gasteiger partial charge on any atom is 0.248 e. The molecule has 92 valence electrons. The Bertz CT molecular complexity index is 625. The summed E-state index contributed by atoms with van der Waals surface area (Å²) in [6.45, 7) is 0. The van der Waals surface area contributed by atoms with Crippen molar-refractivity contribution in [1.82, 2.24) is 4.98 Å². The number of pyridine rings is 1. The molecule has 0 radical (unpaired) electrons. The van der Waals surface area contributed by atoms with Crippen LogP contribution in [0.3, 0.4) is 0 Å². The van der Waals surface area contributed by atoms with Crippen LogP contribution >= 0.6 is 0 Å². The number of carbonyl (C=O) groups excluding carboxylic acids is 1. The van der Waals surface area contributed by atoms with Gasteiger partial charge >= 0.3 is 0 Å². The number of hydrogen-bond donors (Lipinski definition) is 1. The molecule has 4 heteroatoms. The SMILES string of the molecule is N#Cc1ccc(/C=C/C(=O)Nc2cccnc2)cc1. The molecule has 0 saturated carbocycles. The van der Waals surface area contributed by atoms with Gasteiger partial charge in [-0.3, -0.25) is 9.78 Å². The number of aromatic nitrogens is 1. The Kier molecular flexibility index (Phi) is 4.04. The van der Waals surface area contributed by atoms with Crippen LogP contribution < -0.4 is 5.32 Å². The van der Waals surface area contributed by atoms with Gasteiger partial charge in [0.25, 0.3) is 0 Å². The summed E-state index contributed by atoms with van der Waals surface area (Å²) in [5, 5.41) is 11.4. The van der Waals surface area contributed by atoms with E-state index in [0.29, 0.717) is 11.3 Å². The molecule has 0 saturated heterocycles. The zero-order valence-corrected chi connectivity index (χ0v) is 10.1. The Morgan fingerprint density at radius 1 is 1.26 bits per heavy atom. The summed E-state index contributed by atoms with van der Waals surface area (Å²) in [4.78, 5) is 15.5. The fourth-order valence-corrected chi connectivity index (χ4v) is 1.46.